The Balaban J connectivity index is 3.09. The van der Waals surface area contributed by atoms with Crippen molar-refractivity contribution in [1.29, 1.82) is 0 Å². The lowest BCUT2D eigenvalue weighted by Gasteiger charge is -2.46. The molecule has 0 aliphatic heterocycles. The number of ketones is 1. The zero-order chi connectivity index (χ0) is 12.6. The maximum absolute atomic E-state index is 11.5. The van der Waals surface area contributed by atoms with Gasteiger partial charge in [-0.05, 0) is 6.92 Å². The Kier molecular flexibility index (Phi) is 3.47. The first-order chi connectivity index (χ1) is 7.19. The first-order valence-corrected chi connectivity index (χ1v) is 5.64. The summed E-state index contributed by atoms with van der Waals surface area (Å²) in [5.41, 5.74) is -1.76. The van der Waals surface area contributed by atoms with E-state index in [4.69, 9.17) is 5.11 Å². The summed E-state index contributed by atoms with van der Waals surface area (Å²) < 4.78 is 0. The number of carbonyl (C=O) groups excluding carboxylic acids is 1. The molecule has 0 spiro atoms. The van der Waals surface area contributed by atoms with E-state index in [0.717, 1.165) is 0 Å². The van der Waals surface area contributed by atoms with Crippen molar-refractivity contribution in [3.63, 3.8) is 0 Å². The number of aliphatic hydroxyl groups excluding tert-OH is 1. The number of Topliss-reactive ketones (excluding diaryl/α,β-unsaturated/α-hetero) is 1. The van der Waals surface area contributed by atoms with Crippen LogP contribution in [0.1, 0.15) is 40.5 Å². The summed E-state index contributed by atoms with van der Waals surface area (Å²) in [6.07, 6.45) is -0.0684. The van der Waals surface area contributed by atoms with Gasteiger partial charge in [-0.15, -0.1) is 0 Å². The van der Waals surface area contributed by atoms with E-state index in [1.807, 2.05) is 20.8 Å². The molecule has 90 valence electrons. The van der Waals surface area contributed by atoms with Crippen molar-refractivity contribution in [1.82, 2.24) is 0 Å². The van der Waals surface area contributed by atoms with Crippen LogP contribution in [0.3, 0.4) is 0 Å². The number of aliphatic hydroxyl groups is 2. The van der Waals surface area contributed by atoms with Crippen molar-refractivity contribution < 1.29 is 15.0 Å². The van der Waals surface area contributed by atoms with Gasteiger partial charge in [-0.3, -0.25) is 4.79 Å². The maximum atomic E-state index is 11.5. The molecular weight excluding hydrogens is 204 g/mol. The van der Waals surface area contributed by atoms with E-state index in [1.54, 1.807) is 6.92 Å². The highest BCUT2D eigenvalue weighted by molar-refractivity contribution is 5.81. The summed E-state index contributed by atoms with van der Waals surface area (Å²) in [6.45, 7) is 7.08. The van der Waals surface area contributed by atoms with Crippen LogP contribution in [0.4, 0.5) is 0 Å². The van der Waals surface area contributed by atoms with Gasteiger partial charge < -0.3 is 10.2 Å². The lowest BCUT2D eigenvalue weighted by molar-refractivity contribution is -0.140. The zero-order valence-corrected chi connectivity index (χ0v) is 10.4. The van der Waals surface area contributed by atoms with Crippen LogP contribution in [-0.4, -0.2) is 27.7 Å². The van der Waals surface area contributed by atoms with Crippen LogP contribution in [0, 0.1) is 23.2 Å². The molecule has 1 fully saturated rings. The Labute approximate surface area is 96.9 Å². The fourth-order valence-electron chi connectivity index (χ4n) is 2.36. The lowest BCUT2D eigenvalue weighted by atomic mass is 9.60. The zero-order valence-electron chi connectivity index (χ0n) is 10.4. The highest BCUT2D eigenvalue weighted by Gasteiger charge is 2.51. The minimum Gasteiger partial charge on any atom is -0.381 e. The Morgan fingerprint density at radius 1 is 1.50 bits per heavy atom. The molecule has 3 nitrogen and oxygen atoms in total. The number of hydrogen-bond acceptors (Lipinski definition) is 3. The average molecular weight is 224 g/mol. The van der Waals surface area contributed by atoms with Crippen LogP contribution in [0.5, 0.6) is 0 Å². The second-order valence-electron chi connectivity index (χ2n) is 5.42. The largest absolute Gasteiger partial charge is 0.381 e. The van der Waals surface area contributed by atoms with Crippen LogP contribution < -0.4 is 0 Å². The normalized spacial score (nSPS) is 35.1. The summed E-state index contributed by atoms with van der Waals surface area (Å²) in [4.78, 5) is 11.5. The van der Waals surface area contributed by atoms with Gasteiger partial charge in [-0.2, -0.15) is 0 Å². The van der Waals surface area contributed by atoms with Crippen molar-refractivity contribution in [3.05, 3.63) is 0 Å². The third kappa shape index (κ3) is 2.28. The van der Waals surface area contributed by atoms with Gasteiger partial charge in [0.25, 0.3) is 0 Å². The second kappa shape index (κ2) is 4.20. The van der Waals surface area contributed by atoms with E-state index in [9.17, 15) is 9.90 Å². The monoisotopic (exact) mass is 224 g/mol. The van der Waals surface area contributed by atoms with Gasteiger partial charge in [0.2, 0.25) is 0 Å². The molecule has 0 aromatic carbocycles. The predicted octanol–water partition coefficient (Wildman–Crippen LogP) is 1.13. The van der Waals surface area contributed by atoms with E-state index in [1.165, 1.54) is 0 Å². The van der Waals surface area contributed by atoms with E-state index in [-0.39, 0.29) is 11.7 Å². The molecule has 3 unspecified atom stereocenters. The molecule has 1 rings (SSSR count). The Morgan fingerprint density at radius 2 is 2.06 bits per heavy atom. The number of carbonyl (C=O) groups is 1. The summed E-state index contributed by atoms with van der Waals surface area (Å²) >= 11 is 0. The van der Waals surface area contributed by atoms with Crippen molar-refractivity contribution in [2.75, 3.05) is 0 Å². The molecule has 3 heteroatoms. The molecule has 0 saturated heterocycles. The van der Waals surface area contributed by atoms with E-state index < -0.39 is 17.1 Å². The Morgan fingerprint density at radius 3 is 2.50 bits per heavy atom. The Hall–Kier alpha value is -0.850. The molecule has 1 aliphatic carbocycles. The van der Waals surface area contributed by atoms with Crippen LogP contribution in [0.25, 0.3) is 0 Å². The van der Waals surface area contributed by atoms with E-state index >= 15 is 0 Å². The Bertz CT molecular complexity index is 346. The van der Waals surface area contributed by atoms with Gasteiger partial charge in [0.1, 0.15) is 17.5 Å². The quantitative estimate of drug-likeness (QED) is 0.606. The average Bonchev–Trinajstić information content (AvgIpc) is 2.10. The van der Waals surface area contributed by atoms with Crippen molar-refractivity contribution in [3.8, 4) is 11.8 Å². The second-order valence-corrected chi connectivity index (χ2v) is 5.42. The standard InChI is InChI=1S/C13H20O3/c1-9-7-11(15)8-12(3,4)13(9,16)6-5-10(2)14/h9-10,14,16H,7-8H2,1-4H3. The molecule has 0 aromatic heterocycles. The molecule has 3 atom stereocenters. The van der Waals surface area contributed by atoms with Gasteiger partial charge in [-0.25, -0.2) is 0 Å². The third-order valence-electron chi connectivity index (χ3n) is 3.39. The minimum absolute atomic E-state index is 0.168. The molecule has 0 heterocycles. The number of hydrogen-bond donors (Lipinski definition) is 2. The molecule has 1 aliphatic rings. The molecule has 2 N–H and O–H groups in total. The first-order valence-electron chi connectivity index (χ1n) is 5.64. The van der Waals surface area contributed by atoms with E-state index in [0.29, 0.717) is 12.8 Å². The van der Waals surface area contributed by atoms with Crippen LogP contribution in [-0.2, 0) is 4.79 Å². The van der Waals surface area contributed by atoms with Gasteiger partial charge >= 0.3 is 0 Å². The lowest BCUT2D eigenvalue weighted by Crippen LogP contribution is -2.53. The predicted molar refractivity (Wildman–Crippen MR) is 61.6 cm³/mol. The molecule has 0 bridgehead atoms. The summed E-state index contributed by atoms with van der Waals surface area (Å²) in [7, 11) is 0. The summed E-state index contributed by atoms with van der Waals surface area (Å²) in [5, 5.41) is 19.8. The molecule has 1 saturated carbocycles. The van der Waals surface area contributed by atoms with Gasteiger partial charge in [-0.1, -0.05) is 32.6 Å². The molecular formula is C13H20O3. The van der Waals surface area contributed by atoms with E-state index in [2.05, 4.69) is 11.8 Å². The molecule has 16 heavy (non-hydrogen) atoms. The summed E-state index contributed by atoms with van der Waals surface area (Å²) in [5.74, 6) is 5.33. The molecule has 0 amide bonds. The fourth-order valence-corrected chi connectivity index (χ4v) is 2.36. The van der Waals surface area contributed by atoms with Crippen molar-refractivity contribution >= 4 is 5.78 Å². The fraction of sp³-hybridized carbons (Fsp3) is 0.769. The van der Waals surface area contributed by atoms with Crippen molar-refractivity contribution in [2.24, 2.45) is 11.3 Å². The van der Waals surface area contributed by atoms with Gasteiger partial charge in [0.15, 0.2) is 0 Å². The van der Waals surface area contributed by atoms with Gasteiger partial charge in [0.05, 0.1) is 0 Å². The van der Waals surface area contributed by atoms with Crippen LogP contribution in [0.2, 0.25) is 0 Å². The maximum Gasteiger partial charge on any atom is 0.134 e. The minimum atomic E-state index is -1.20. The summed E-state index contributed by atoms with van der Waals surface area (Å²) in [6, 6.07) is 0. The topological polar surface area (TPSA) is 57.5 Å². The van der Waals surface area contributed by atoms with Crippen LogP contribution >= 0.6 is 0 Å². The first kappa shape index (κ1) is 13.2. The molecule has 0 radical (unpaired) electrons. The van der Waals surface area contributed by atoms with Crippen LogP contribution in [0.15, 0.2) is 0 Å². The molecule has 0 aromatic rings. The highest BCUT2D eigenvalue weighted by Crippen LogP contribution is 2.45. The smallest absolute Gasteiger partial charge is 0.134 e. The highest BCUT2D eigenvalue weighted by atomic mass is 16.3. The SMILES string of the molecule is CC(O)C#CC1(O)C(C)CC(=O)CC1(C)C. The number of rotatable bonds is 0. The van der Waals surface area contributed by atoms with Gasteiger partial charge in [0, 0.05) is 24.2 Å². The van der Waals surface area contributed by atoms with Crippen molar-refractivity contribution in [2.45, 2.75) is 52.2 Å². The third-order valence-corrected chi connectivity index (χ3v) is 3.39.